The number of nitriles is 1. The summed E-state index contributed by atoms with van der Waals surface area (Å²) in [4.78, 5) is 0. The molecule has 0 spiro atoms. The van der Waals surface area contributed by atoms with Crippen LogP contribution in [0.4, 0.5) is 0 Å². The highest BCUT2D eigenvalue weighted by molar-refractivity contribution is 9.08. The Labute approximate surface area is 89.0 Å². The van der Waals surface area contributed by atoms with E-state index in [1.165, 1.54) is 0 Å². The predicted octanol–water partition coefficient (Wildman–Crippen LogP) is 3.76. The molecule has 0 amide bonds. The van der Waals surface area contributed by atoms with Crippen LogP contribution in [0.5, 0.6) is 0 Å². The molecule has 12 heavy (non-hydrogen) atoms. The number of alkyl halides is 1. The Morgan fingerprint density at radius 1 is 1.42 bits per heavy atom. The van der Waals surface area contributed by atoms with E-state index in [1.807, 2.05) is 6.07 Å². The maximum atomic E-state index is 8.72. The van der Waals surface area contributed by atoms with Crippen LogP contribution in [0.3, 0.4) is 0 Å². The highest BCUT2D eigenvalue weighted by Gasteiger charge is 2.06. The molecule has 0 aliphatic carbocycles. The molecule has 0 aromatic heterocycles. The third-order valence-corrected chi connectivity index (χ3v) is 2.51. The first kappa shape index (κ1) is 9.85. The first-order valence-corrected chi connectivity index (χ1v) is 5.00. The second kappa shape index (κ2) is 4.13. The molecule has 62 valence electrons. The first-order valence-electron chi connectivity index (χ1n) is 3.13. The van der Waals surface area contributed by atoms with E-state index in [9.17, 15) is 0 Å². The van der Waals surface area contributed by atoms with Gasteiger partial charge in [-0.25, -0.2) is 0 Å². The molecule has 1 aromatic rings. The zero-order valence-corrected chi connectivity index (χ0v) is 9.04. The lowest BCUT2D eigenvalue weighted by Gasteiger charge is -2.02. The van der Waals surface area contributed by atoms with E-state index < -0.39 is 0 Å². The molecular formula is C8H4BrCl2N. The minimum Gasteiger partial charge on any atom is -0.192 e. The maximum absolute atomic E-state index is 8.72. The van der Waals surface area contributed by atoms with Crippen LogP contribution < -0.4 is 0 Å². The molecule has 0 saturated carbocycles. The molecule has 1 nitrogen and oxygen atoms in total. The zero-order chi connectivity index (χ0) is 9.14. The van der Waals surface area contributed by atoms with Gasteiger partial charge in [0.25, 0.3) is 0 Å². The third-order valence-electron chi connectivity index (χ3n) is 1.39. The first-order chi connectivity index (χ1) is 5.69. The lowest BCUT2D eigenvalue weighted by atomic mass is 10.1. The smallest absolute Gasteiger partial charge is 0.101 e. The van der Waals surface area contributed by atoms with Crippen LogP contribution >= 0.6 is 39.1 Å². The van der Waals surface area contributed by atoms with Gasteiger partial charge in [0.1, 0.15) is 6.07 Å². The Morgan fingerprint density at radius 2 is 2.08 bits per heavy atom. The second-order valence-corrected chi connectivity index (χ2v) is 3.57. The zero-order valence-electron chi connectivity index (χ0n) is 5.94. The highest BCUT2D eigenvalue weighted by Crippen LogP contribution is 2.25. The topological polar surface area (TPSA) is 23.8 Å². The quantitative estimate of drug-likeness (QED) is 0.709. The second-order valence-electron chi connectivity index (χ2n) is 2.17. The lowest BCUT2D eigenvalue weighted by molar-refractivity contribution is 1.37. The lowest BCUT2D eigenvalue weighted by Crippen LogP contribution is -1.86. The van der Waals surface area contributed by atoms with Gasteiger partial charge in [0.05, 0.1) is 10.6 Å². The van der Waals surface area contributed by atoms with Crippen LogP contribution in [-0.2, 0) is 5.33 Å². The van der Waals surface area contributed by atoms with Crippen molar-refractivity contribution < 1.29 is 0 Å². The van der Waals surface area contributed by atoms with Gasteiger partial charge in [0.2, 0.25) is 0 Å². The number of benzene rings is 1. The van der Waals surface area contributed by atoms with Gasteiger partial charge in [-0.1, -0.05) is 39.1 Å². The number of rotatable bonds is 1. The molecule has 0 aliphatic rings. The Bertz CT molecular complexity index is 344. The molecule has 0 heterocycles. The van der Waals surface area contributed by atoms with E-state index in [-0.39, 0.29) is 0 Å². The van der Waals surface area contributed by atoms with E-state index >= 15 is 0 Å². The Kier molecular flexibility index (Phi) is 3.39. The van der Waals surface area contributed by atoms with E-state index in [0.717, 1.165) is 5.56 Å². The average Bonchev–Trinajstić information content (AvgIpc) is 2.03. The SMILES string of the molecule is N#Cc1c(Cl)cc(Cl)cc1CBr. The molecule has 0 bridgehead atoms. The van der Waals surface area contributed by atoms with Crippen LogP contribution in [0, 0.1) is 11.3 Å². The van der Waals surface area contributed by atoms with Crippen molar-refractivity contribution in [2.75, 3.05) is 0 Å². The normalized spacial score (nSPS) is 9.50. The van der Waals surface area contributed by atoms with Gasteiger partial charge in [-0.15, -0.1) is 0 Å². The van der Waals surface area contributed by atoms with Crippen LogP contribution in [0.15, 0.2) is 12.1 Å². The van der Waals surface area contributed by atoms with Gasteiger partial charge in [0.15, 0.2) is 0 Å². The summed E-state index contributed by atoms with van der Waals surface area (Å²) in [6.45, 7) is 0. The molecule has 0 saturated heterocycles. The van der Waals surface area contributed by atoms with Crippen molar-refractivity contribution in [2.45, 2.75) is 5.33 Å². The van der Waals surface area contributed by atoms with Gasteiger partial charge in [-0.3, -0.25) is 0 Å². The van der Waals surface area contributed by atoms with Crippen LogP contribution in [0.2, 0.25) is 10.0 Å². The number of hydrogen-bond donors (Lipinski definition) is 0. The summed E-state index contributed by atoms with van der Waals surface area (Å²) in [5.41, 5.74) is 1.30. The van der Waals surface area contributed by atoms with Crippen LogP contribution in [0.25, 0.3) is 0 Å². The summed E-state index contributed by atoms with van der Waals surface area (Å²) in [6.07, 6.45) is 0. The van der Waals surface area contributed by atoms with Gasteiger partial charge in [0, 0.05) is 10.4 Å². The minimum atomic E-state index is 0.402. The minimum absolute atomic E-state index is 0.402. The van der Waals surface area contributed by atoms with Crippen LogP contribution in [0.1, 0.15) is 11.1 Å². The number of hydrogen-bond acceptors (Lipinski definition) is 1. The molecule has 0 radical (unpaired) electrons. The fourth-order valence-electron chi connectivity index (χ4n) is 0.857. The van der Waals surface area contributed by atoms with Crippen molar-refractivity contribution in [2.24, 2.45) is 0 Å². The Balaban J connectivity index is 3.36. The van der Waals surface area contributed by atoms with E-state index in [2.05, 4.69) is 15.9 Å². The fourth-order valence-corrected chi connectivity index (χ4v) is 1.88. The molecule has 0 aliphatic heterocycles. The summed E-state index contributed by atoms with van der Waals surface area (Å²) < 4.78 is 0. The largest absolute Gasteiger partial charge is 0.192 e. The van der Waals surface area contributed by atoms with Gasteiger partial charge in [-0.2, -0.15) is 5.26 Å². The summed E-state index contributed by atoms with van der Waals surface area (Å²) in [5.74, 6) is 0. The van der Waals surface area contributed by atoms with Crippen molar-refractivity contribution in [1.29, 1.82) is 5.26 Å². The summed E-state index contributed by atoms with van der Waals surface area (Å²) in [7, 11) is 0. The summed E-state index contributed by atoms with van der Waals surface area (Å²) in [5, 5.41) is 10.3. The van der Waals surface area contributed by atoms with E-state index in [4.69, 9.17) is 28.5 Å². The number of halogens is 3. The van der Waals surface area contributed by atoms with Crippen LogP contribution in [-0.4, -0.2) is 0 Å². The standard InChI is InChI=1S/C8H4BrCl2N/c9-3-5-1-6(10)2-8(11)7(5)4-12/h1-2H,3H2. The monoisotopic (exact) mass is 263 g/mol. The third kappa shape index (κ3) is 1.92. The molecule has 0 atom stereocenters. The molecule has 4 heteroatoms. The van der Waals surface area contributed by atoms with Crippen molar-refractivity contribution >= 4 is 39.1 Å². The van der Waals surface area contributed by atoms with Crippen molar-refractivity contribution in [3.8, 4) is 6.07 Å². The summed E-state index contributed by atoms with van der Waals surface area (Å²) >= 11 is 14.8. The number of nitrogens with zero attached hydrogens (tertiary/aromatic N) is 1. The molecule has 0 fully saturated rings. The van der Waals surface area contributed by atoms with Gasteiger partial charge < -0.3 is 0 Å². The maximum Gasteiger partial charge on any atom is 0.101 e. The Morgan fingerprint density at radius 3 is 2.58 bits per heavy atom. The molecule has 0 N–H and O–H groups in total. The van der Waals surface area contributed by atoms with Crippen molar-refractivity contribution in [1.82, 2.24) is 0 Å². The molecule has 1 rings (SSSR count). The Hall–Kier alpha value is -0.230. The van der Waals surface area contributed by atoms with E-state index in [0.29, 0.717) is 20.9 Å². The molecule has 0 unspecified atom stereocenters. The van der Waals surface area contributed by atoms with Gasteiger partial charge in [-0.05, 0) is 17.7 Å². The molecular weight excluding hydrogens is 261 g/mol. The highest BCUT2D eigenvalue weighted by atomic mass is 79.9. The van der Waals surface area contributed by atoms with Crippen molar-refractivity contribution in [3.63, 3.8) is 0 Å². The predicted molar refractivity (Wildman–Crippen MR) is 53.8 cm³/mol. The van der Waals surface area contributed by atoms with Crippen molar-refractivity contribution in [3.05, 3.63) is 33.3 Å². The fraction of sp³-hybridized carbons (Fsp3) is 0.125. The van der Waals surface area contributed by atoms with E-state index in [1.54, 1.807) is 12.1 Å². The summed E-state index contributed by atoms with van der Waals surface area (Å²) in [6, 6.07) is 5.31. The average molecular weight is 265 g/mol. The van der Waals surface area contributed by atoms with Gasteiger partial charge >= 0.3 is 0 Å². The molecule has 1 aromatic carbocycles.